The molecule has 0 atom stereocenters. The normalized spacial score (nSPS) is 10.6. The molecule has 0 saturated heterocycles. The van der Waals surface area contributed by atoms with Crippen molar-refractivity contribution in [3.05, 3.63) is 77.3 Å². The molecule has 2 aromatic carbocycles. The zero-order valence-electron chi connectivity index (χ0n) is 16.4. The molecule has 150 valence electrons. The maximum atomic E-state index is 12.6. The van der Waals surface area contributed by atoms with Crippen LogP contribution in [0.1, 0.15) is 29.9 Å². The van der Waals surface area contributed by atoms with Crippen molar-refractivity contribution < 1.29 is 14.3 Å². The molecule has 1 N–H and O–H groups in total. The molecule has 29 heavy (non-hydrogen) atoms. The number of rotatable bonds is 8. The van der Waals surface area contributed by atoms with Crippen LogP contribution in [0.2, 0.25) is 0 Å². The molecular weight excluding hydrogens is 386 g/mol. The molecule has 0 aliphatic carbocycles. The van der Waals surface area contributed by atoms with Gasteiger partial charge in [-0.1, -0.05) is 48.5 Å². The standard InChI is InChI=1S/C22H23N3O3S/c1-16(2)25(18-11-7-4-8-12-18)20(26)14-28-21(27)19-15-29-22(24-19)23-13-17-9-5-3-6-10-17/h3-12,15-16H,13-14H2,1-2H3,(H,23,24). The smallest absolute Gasteiger partial charge is 0.358 e. The summed E-state index contributed by atoms with van der Waals surface area (Å²) in [7, 11) is 0. The molecule has 0 aliphatic rings. The number of nitrogens with zero attached hydrogens (tertiary/aromatic N) is 2. The van der Waals surface area contributed by atoms with E-state index in [2.05, 4.69) is 10.3 Å². The summed E-state index contributed by atoms with van der Waals surface area (Å²) >= 11 is 1.32. The summed E-state index contributed by atoms with van der Waals surface area (Å²) in [6.45, 7) is 4.10. The molecule has 0 saturated carbocycles. The Morgan fingerprint density at radius 1 is 1.07 bits per heavy atom. The summed E-state index contributed by atoms with van der Waals surface area (Å²) in [5.41, 5.74) is 2.07. The number of aromatic nitrogens is 1. The number of ether oxygens (including phenoxy) is 1. The Balaban J connectivity index is 1.55. The Bertz CT molecular complexity index is 942. The van der Waals surface area contributed by atoms with Crippen LogP contribution in [-0.4, -0.2) is 29.5 Å². The molecular formula is C22H23N3O3S. The Morgan fingerprint density at radius 3 is 2.38 bits per heavy atom. The van der Waals surface area contributed by atoms with Crippen molar-refractivity contribution in [1.82, 2.24) is 4.98 Å². The summed E-state index contributed by atoms with van der Waals surface area (Å²) in [5.74, 6) is -0.892. The highest BCUT2D eigenvalue weighted by Crippen LogP contribution is 2.19. The van der Waals surface area contributed by atoms with Crippen LogP contribution in [0.5, 0.6) is 0 Å². The van der Waals surface area contributed by atoms with Gasteiger partial charge in [0, 0.05) is 23.7 Å². The minimum atomic E-state index is -0.612. The molecule has 3 aromatic rings. The van der Waals surface area contributed by atoms with Gasteiger partial charge in [-0.15, -0.1) is 11.3 Å². The fourth-order valence-corrected chi connectivity index (χ4v) is 3.49. The second-order valence-electron chi connectivity index (χ2n) is 6.65. The molecule has 1 aromatic heterocycles. The fourth-order valence-electron chi connectivity index (χ4n) is 2.81. The average molecular weight is 410 g/mol. The van der Waals surface area contributed by atoms with Gasteiger partial charge in [0.2, 0.25) is 0 Å². The maximum Gasteiger partial charge on any atom is 0.358 e. The van der Waals surface area contributed by atoms with Gasteiger partial charge in [-0.05, 0) is 31.5 Å². The number of benzene rings is 2. The van der Waals surface area contributed by atoms with E-state index >= 15 is 0 Å². The quantitative estimate of drug-likeness (QED) is 0.560. The van der Waals surface area contributed by atoms with E-state index in [1.807, 2.05) is 74.5 Å². The van der Waals surface area contributed by atoms with Crippen molar-refractivity contribution >= 4 is 34.0 Å². The number of carbonyl (C=O) groups is 2. The van der Waals surface area contributed by atoms with Crippen LogP contribution in [0.15, 0.2) is 66.0 Å². The highest BCUT2D eigenvalue weighted by Gasteiger charge is 2.21. The van der Waals surface area contributed by atoms with Crippen LogP contribution < -0.4 is 10.2 Å². The monoisotopic (exact) mass is 409 g/mol. The highest BCUT2D eigenvalue weighted by molar-refractivity contribution is 7.13. The summed E-state index contributed by atoms with van der Waals surface area (Å²) in [5, 5.41) is 5.43. The molecule has 1 heterocycles. The largest absolute Gasteiger partial charge is 0.451 e. The Morgan fingerprint density at radius 2 is 1.72 bits per heavy atom. The van der Waals surface area contributed by atoms with Crippen LogP contribution >= 0.6 is 11.3 Å². The third-order valence-electron chi connectivity index (χ3n) is 4.15. The molecule has 0 fully saturated rings. The van der Waals surface area contributed by atoms with Crippen molar-refractivity contribution in [2.45, 2.75) is 26.4 Å². The minimum Gasteiger partial charge on any atom is -0.451 e. The number of nitrogens with one attached hydrogen (secondary N) is 1. The molecule has 0 bridgehead atoms. The van der Waals surface area contributed by atoms with Crippen LogP contribution in [0.25, 0.3) is 0 Å². The summed E-state index contributed by atoms with van der Waals surface area (Å²) < 4.78 is 5.20. The van der Waals surface area contributed by atoms with Crippen LogP contribution in [-0.2, 0) is 16.1 Å². The van der Waals surface area contributed by atoms with Gasteiger partial charge in [0.05, 0.1) is 0 Å². The van der Waals surface area contributed by atoms with E-state index in [-0.39, 0.29) is 24.2 Å². The third-order valence-corrected chi connectivity index (χ3v) is 4.95. The van der Waals surface area contributed by atoms with Crippen molar-refractivity contribution in [3.63, 3.8) is 0 Å². The molecule has 0 spiro atoms. The molecule has 1 amide bonds. The SMILES string of the molecule is CC(C)N(C(=O)COC(=O)c1csc(NCc2ccccc2)n1)c1ccccc1. The number of thiazole rings is 1. The van der Waals surface area contributed by atoms with Gasteiger partial charge >= 0.3 is 5.97 Å². The lowest BCUT2D eigenvalue weighted by atomic mass is 10.2. The number of esters is 1. The van der Waals surface area contributed by atoms with Gasteiger partial charge in [0.15, 0.2) is 17.4 Å². The predicted octanol–water partition coefficient (Wildman–Crippen LogP) is 4.35. The molecule has 7 heteroatoms. The second-order valence-corrected chi connectivity index (χ2v) is 7.50. The van der Waals surface area contributed by atoms with Crippen LogP contribution in [0, 0.1) is 0 Å². The number of hydrogen-bond donors (Lipinski definition) is 1. The minimum absolute atomic E-state index is 0.0586. The van der Waals surface area contributed by atoms with Gasteiger partial charge in [0.1, 0.15) is 0 Å². The predicted molar refractivity (Wildman–Crippen MR) is 115 cm³/mol. The lowest BCUT2D eigenvalue weighted by Gasteiger charge is -2.26. The van der Waals surface area contributed by atoms with Gasteiger partial charge in [-0.2, -0.15) is 0 Å². The first-order chi connectivity index (χ1) is 14.0. The zero-order chi connectivity index (χ0) is 20.6. The molecule has 0 unspecified atom stereocenters. The number of carbonyl (C=O) groups excluding carboxylic acids is 2. The first kappa shape index (κ1) is 20.5. The maximum absolute atomic E-state index is 12.6. The van der Waals surface area contributed by atoms with Crippen molar-refractivity contribution in [3.8, 4) is 0 Å². The van der Waals surface area contributed by atoms with E-state index in [0.29, 0.717) is 11.7 Å². The van der Waals surface area contributed by atoms with E-state index in [0.717, 1.165) is 11.3 Å². The van der Waals surface area contributed by atoms with Crippen LogP contribution in [0.4, 0.5) is 10.8 Å². The first-order valence-corrected chi connectivity index (χ1v) is 10.2. The topological polar surface area (TPSA) is 71.5 Å². The summed E-state index contributed by atoms with van der Waals surface area (Å²) in [4.78, 5) is 30.8. The van der Waals surface area contributed by atoms with Gasteiger partial charge in [0.25, 0.3) is 5.91 Å². The number of hydrogen-bond acceptors (Lipinski definition) is 6. The summed E-state index contributed by atoms with van der Waals surface area (Å²) in [6, 6.07) is 19.2. The lowest BCUT2D eigenvalue weighted by Crippen LogP contribution is -2.39. The molecule has 0 radical (unpaired) electrons. The zero-order valence-corrected chi connectivity index (χ0v) is 17.2. The van der Waals surface area contributed by atoms with Crippen molar-refractivity contribution in [1.29, 1.82) is 0 Å². The number of para-hydroxylation sites is 1. The van der Waals surface area contributed by atoms with Gasteiger partial charge in [-0.25, -0.2) is 9.78 Å². The number of anilines is 2. The summed E-state index contributed by atoms with van der Waals surface area (Å²) in [6.07, 6.45) is 0. The van der Waals surface area contributed by atoms with E-state index < -0.39 is 5.97 Å². The average Bonchev–Trinajstić information content (AvgIpc) is 3.21. The van der Waals surface area contributed by atoms with Crippen molar-refractivity contribution in [2.75, 3.05) is 16.8 Å². The highest BCUT2D eigenvalue weighted by atomic mass is 32.1. The molecule has 3 rings (SSSR count). The third kappa shape index (κ3) is 5.65. The van der Waals surface area contributed by atoms with E-state index in [1.165, 1.54) is 11.3 Å². The van der Waals surface area contributed by atoms with Crippen LogP contribution in [0.3, 0.4) is 0 Å². The van der Waals surface area contributed by atoms with Crippen molar-refractivity contribution in [2.24, 2.45) is 0 Å². The van der Waals surface area contributed by atoms with Gasteiger partial charge < -0.3 is 15.0 Å². The molecule has 0 aliphatic heterocycles. The van der Waals surface area contributed by atoms with E-state index in [9.17, 15) is 9.59 Å². The van der Waals surface area contributed by atoms with E-state index in [4.69, 9.17) is 4.74 Å². The van der Waals surface area contributed by atoms with E-state index in [1.54, 1.807) is 10.3 Å². The Labute approximate surface area is 174 Å². The second kappa shape index (κ2) is 9.84. The fraction of sp³-hybridized carbons (Fsp3) is 0.227. The number of amides is 1. The van der Waals surface area contributed by atoms with Gasteiger partial charge in [-0.3, -0.25) is 4.79 Å². The first-order valence-electron chi connectivity index (χ1n) is 9.32. The Hall–Kier alpha value is -3.19. The lowest BCUT2D eigenvalue weighted by molar-refractivity contribution is -0.122. The molecule has 6 nitrogen and oxygen atoms in total. The Kier molecular flexibility index (Phi) is 6.97.